The highest BCUT2D eigenvalue weighted by atomic mass is 32.2. The predicted molar refractivity (Wildman–Crippen MR) is 69.7 cm³/mol. The van der Waals surface area contributed by atoms with Crippen LogP contribution >= 0.6 is 0 Å². The largest absolute Gasteiger partial charge is 0.389 e. The van der Waals surface area contributed by atoms with E-state index in [0.717, 1.165) is 11.1 Å². The maximum Gasteiger partial charge on any atom is 0.285 e. The van der Waals surface area contributed by atoms with Crippen molar-refractivity contribution in [1.82, 2.24) is 0 Å². The van der Waals surface area contributed by atoms with Gasteiger partial charge in [-0.3, -0.25) is 0 Å². The predicted octanol–water partition coefficient (Wildman–Crippen LogP) is 1.46. The zero-order valence-electron chi connectivity index (χ0n) is 9.18. The first-order chi connectivity index (χ1) is 7.67. The van der Waals surface area contributed by atoms with Gasteiger partial charge in [0.05, 0.1) is 0 Å². The fourth-order valence-electron chi connectivity index (χ4n) is 1.06. The van der Waals surface area contributed by atoms with Gasteiger partial charge < -0.3 is 9.92 Å². The quantitative estimate of drug-likeness (QED) is 0.836. The molecule has 0 heterocycles. The average molecular weight is 240 g/mol. The van der Waals surface area contributed by atoms with Crippen molar-refractivity contribution in [3.05, 3.63) is 42.5 Å². The summed E-state index contributed by atoms with van der Waals surface area (Å²) >= 11 is -1.80. The van der Waals surface area contributed by atoms with Crippen LogP contribution in [0.3, 0.4) is 0 Å². The van der Waals surface area contributed by atoms with Gasteiger partial charge in [0.25, 0.3) is 11.3 Å². The summed E-state index contributed by atoms with van der Waals surface area (Å²) in [6.07, 6.45) is 3.38. The fraction of sp³-hybridized carbons (Fsp3) is 0.0909. The molecular weight excluding hydrogens is 224 g/mol. The summed E-state index contributed by atoms with van der Waals surface area (Å²) in [5.74, 6) is 0.450. The molecule has 88 valence electrons. The lowest BCUT2D eigenvalue weighted by Gasteiger charge is -2.04. The monoisotopic (exact) mass is 240 g/mol. The Morgan fingerprint density at radius 2 is 1.81 bits per heavy atom. The smallest absolute Gasteiger partial charge is 0.285 e. The van der Waals surface area contributed by atoms with Crippen LogP contribution in [0.15, 0.2) is 31.4 Å². The molecule has 0 aromatic heterocycles. The molecule has 0 spiro atoms. The van der Waals surface area contributed by atoms with Crippen LogP contribution in [0.25, 0.3) is 12.2 Å². The van der Waals surface area contributed by atoms with Gasteiger partial charge in [-0.05, 0) is 30.3 Å². The molecule has 0 saturated heterocycles. The van der Waals surface area contributed by atoms with Gasteiger partial charge in [0.1, 0.15) is 5.75 Å². The third kappa shape index (κ3) is 4.39. The second-order valence-electron chi connectivity index (χ2n) is 2.54. The summed E-state index contributed by atoms with van der Waals surface area (Å²) in [6, 6.07) is 5.18. The van der Waals surface area contributed by atoms with Crippen LogP contribution in [0.2, 0.25) is 0 Å². The lowest BCUT2D eigenvalue weighted by atomic mass is 10.1. The summed E-state index contributed by atoms with van der Waals surface area (Å²) in [6.45, 7) is 7.31. The molecular formula is C11H16N2O2S. The van der Waals surface area contributed by atoms with Crippen molar-refractivity contribution in [1.29, 1.82) is 0 Å². The average Bonchev–Trinajstić information content (AvgIpc) is 2.30. The Kier molecular flexibility index (Phi) is 7.11. The molecule has 0 aliphatic carbocycles. The van der Waals surface area contributed by atoms with Crippen LogP contribution in [0, 0.1) is 0 Å². The van der Waals surface area contributed by atoms with Gasteiger partial charge in [0.15, 0.2) is 0 Å². The standard InChI is InChI=1S/C10H11NO2S.CH5N/c1-3-8-5-6-10(13-14(11)12)7-9(8)4-2;1-2/h3-7H,1-2,11H2;2H2,1H3. The number of hydrogen-bond donors (Lipinski definition) is 2. The van der Waals surface area contributed by atoms with Crippen LogP contribution in [0.4, 0.5) is 0 Å². The summed E-state index contributed by atoms with van der Waals surface area (Å²) in [7, 11) is 1.50. The first kappa shape index (κ1) is 14.6. The van der Waals surface area contributed by atoms with E-state index in [4.69, 9.17) is 9.32 Å². The summed E-state index contributed by atoms with van der Waals surface area (Å²) in [4.78, 5) is 0. The molecule has 0 aliphatic heterocycles. The Balaban J connectivity index is 0.00000106. The number of nitrogens with two attached hydrogens (primary N) is 2. The van der Waals surface area contributed by atoms with Gasteiger partial charge >= 0.3 is 0 Å². The maximum absolute atomic E-state index is 10.6. The molecule has 0 bridgehead atoms. The fourth-order valence-corrected chi connectivity index (χ4v) is 1.36. The summed E-state index contributed by atoms with van der Waals surface area (Å²) < 4.78 is 15.4. The topological polar surface area (TPSA) is 78.3 Å². The van der Waals surface area contributed by atoms with Crippen LogP contribution in [0.5, 0.6) is 5.75 Å². The molecule has 0 saturated carbocycles. The molecule has 1 aromatic carbocycles. The first-order valence-electron chi connectivity index (χ1n) is 4.48. The van der Waals surface area contributed by atoms with Gasteiger partial charge in [-0.25, -0.2) is 5.14 Å². The van der Waals surface area contributed by atoms with E-state index in [1.165, 1.54) is 7.05 Å². The van der Waals surface area contributed by atoms with E-state index in [1.807, 2.05) is 0 Å². The molecule has 5 heteroatoms. The van der Waals surface area contributed by atoms with Crippen molar-refractivity contribution in [2.45, 2.75) is 0 Å². The Morgan fingerprint density at radius 3 is 2.25 bits per heavy atom. The molecule has 1 aromatic rings. The van der Waals surface area contributed by atoms with Crippen LogP contribution in [-0.2, 0) is 11.3 Å². The minimum Gasteiger partial charge on any atom is -0.389 e. The van der Waals surface area contributed by atoms with Crippen LogP contribution < -0.4 is 15.1 Å². The Labute approximate surface area is 98.4 Å². The summed E-state index contributed by atoms with van der Waals surface area (Å²) in [5, 5.41) is 4.99. The lowest BCUT2D eigenvalue weighted by molar-refractivity contribution is 0.563. The third-order valence-corrected chi connectivity index (χ3v) is 2.03. The molecule has 4 N–H and O–H groups in total. The molecule has 1 rings (SSSR count). The van der Waals surface area contributed by atoms with Gasteiger partial charge in [-0.2, -0.15) is 4.21 Å². The van der Waals surface area contributed by atoms with Gasteiger partial charge in [0.2, 0.25) is 0 Å². The molecule has 0 fully saturated rings. The minimum absolute atomic E-state index is 0.450. The van der Waals surface area contributed by atoms with E-state index >= 15 is 0 Å². The highest BCUT2D eigenvalue weighted by Crippen LogP contribution is 2.20. The van der Waals surface area contributed by atoms with E-state index < -0.39 is 11.3 Å². The second kappa shape index (κ2) is 7.81. The Bertz CT molecular complexity index is 392. The number of rotatable bonds is 4. The maximum atomic E-state index is 10.6. The van der Waals surface area contributed by atoms with E-state index in [2.05, 4.69) is 18.9 Å². The van der Waals surface area contributed by atoms with E-state index in [1.54, 1.807) is 30.4 Å². The van der Waals surface area contributed by atoms with Crippen molar-refractivity contribution in [2.24, 2.45) is 10.9 Å². The van der Waals surface area contributed by atoms with Gasteiger partial charge in [-0.15, -0.1) is 0 Å². The van der Waals surface area contributed by atoms with Crippen molar-refractivity contribution in [3.63, 3.8) is 0 Å². The normalized spacial score (nSPS) is 10.7. The van der Waals surface area contributed by atoms with Crippen LogP contribution in [0.1, 0.15) is 11.1 Å². The van der Waals surface area contributed by atoms with E-state index in [-0.39, 0.29) is 0 Å². The SMILES string of the molecule is C=Cc1ccc(OS(N)=O)cc1C=C.CN. The molecule has 4 nitrogen and oxygen atoms in total. The van der Waals surface area contributed by atoms with Crippen molar-refractivity contribution in [3.8, 4) is 5.75 Å². The van der Waals surface area contributed by atoms with Crippen molar-refractivity contribution in [2.75, 3.05) is 7.05 Å². The first-order valence-corrected chi connectivity index (χ1v) is 5.62. The highest BCUT2D eigenvalue weighted by molar-refractivity contribution is 7.78. The molecule has 0 radical (unpaired) electrons. The zero-order chi connectivity index (χ0) is 12.6. The Morgan fingerprint density at radius 1 is 1.25 bits per heavy atom. The molecule has 1 unspecified atom stereocenters. The van der Waals surface area contributed by atoms with Gasteiger partial charge in [-0.1, -0.05) is 31.4 Å². The third-order valence-electron chi connectivity index (χ3n) is 1.68. The molecule has 0 aliphatic rings. The van der Waals surface area contributed by atoms with Crippen molar-refractivity contribution < 1.29 is 8.39 Å². The molecule has 0 amide bonds. The molecule has 16 heavy (non-hydrogen) atoms. The van der Waals surface area contributed by atoms with Gasteiger partial charge in [0, 0.05) is 0 Å². The lowest BCUT2D eigenvalue weighted by Crippen LogP contribution is -2.09. The number of benzene rings is 1. The Hall–Kier alpha value is -1.43. The second-order valence-corrected chi connectivity index (χ2v) is 3.23. The molecule has 1 atom stereocenters. The van der Waals surface area contributed by atoms with Crippen LogP contribution in [-0.4, -0.2) is 11.3 Å². The minimum atomic E-state index is -1.80. The summed E-state index contributed by atoms with van der Waals surface area (Å²) in [5.41, 5.74) is 6.30. The van der Waals surface area contributed by atoms with E-state index in [9.17, 15) is 4.21 Å². The highest BCUT2D eigenvalue weighted by Gasteiger charge is 2.00. The number of hydrogen-bond acceptors (Lipinski definition) is 3. The van der Waals surface area contributed by atoms with E-state index in [0.29, 0.717) is 5.75 Å². The van der Waals surface area contributed by atoms with Crippen molar-refractivity contribution >= 4 is 23.4 Å². The zero-order valence-corrected chi connectivity index (χ0v) is 10.00.